The first kappa shape index (κ1) is 9.93. The molecule has 0 aromatic carbocycles. The molecule has 0 bridgehead atoms. The molecule has 0 spiro atoms. The van der Waals surface area contributed by atoms with E-state index in [1.807, 2.05) is 31.4 Å². The molecule has 0 saturated heterocycles. The molecule has 1 nitrogen and oxygen atoms in total. The lowest BCUT2D eigenvalue weighted by atomic mass is 10.2. The molecule has 0 N–H and O–H groups in total. The molecular formula is C10H15N. The molecule has 0 atom stereocenters. The van der Waals surface area contributed by atoms with Crippen LogP contribution in [0.4, 0.5) is 0 Å². The fourth-order valence-electron chi connectivity index (χ4n) is 0.638. The van der Waals surface area contributed by atoms with Crippen molar-refractivity contribution in [1.29, 1.82) is 0 Å². The minimum atomic E-state index is 0.978. The van der Waals surface area contributed by atoms with Crippen molar-refractivity contribution in [1.82, 2.24) is 0 Å². The van der Waals surface area contributed by atoms with Gasteiger partial charge in [0.2, 0.25) is 0 Å². The molecule has 0 rings (SSSR count). The first-order valence-corrected chi connectivity index (χ1v) is 3.84. The fourth-order valence-corrected chi connectivity index (χ4v) is 0.638. The van der Waals surface area contributed by atoms with Gasteiger partial charge in [-0.25, -0.2) is 0 Å². The van der Waals surface area contributed by atoms with Gasteiger partial charge >= 0.3 is 0 Å². The van der Waals surface area contributed by atoms with Crippen molar-refractivity contribution >= 4 is 6.21 Å². The number of allylic oxidation sites excluding steroid dienone is 3. The maximum absolute atomic E-state index is 3.92. The lowest BCUT2D eigenvalue weighted by molar-refractivity contribution is 1.18. The van der Waals surface area contributed by atoms with Crippen molar-refractivity contribution in [2.45, 2.75) is 20.3 Å². The Morgan fingerprint density at radius 1 is 1.55 bits per heavy atom. The summed E-state index contributed by atoms with van der Waals surface area (Å²) in [5.74, 6) is 0. The summed E-state index contributed by atoms with van der Waals surface area (Å²) >= 11 is 0. The van der Waals surface area contributed by atoms with Crippen LogP contribution in [0.3, 0.4) is 0 Å². The highest BCUT2D eigenvalue weighted by atomic mass is 14.6. The van der Waals surface area contributed by atoms with Crippen LogP contribution in [-0.2, 0) is 0 Å². The molecule has 0 amide bonds. The Balaban J connectivity index is 4.33. The quantitative estimate of drug-likeness (QED) is 0.332. The molecule has 0 aromatic rings. The number of hydrogen-bond acceptors (Lipinski definition) is 1. The third-order valence-corrected chi connectivity index (χ3v) is 1.22. The number of nitrogens with zero attached hydrogens (tertiary/aromatic N) is 1. The van der Waals surface area contributed by atoms with Gasteiger partial charge < -0.3 is 0 Å². The zero-order valence-corrected chi connectivity index (χ0v) is 7.46. The van der Waals surface area contributed by atoms with E-state index in [1.54, 1.807) is 7.05 Å². The molecule has 0 heterocycles. The van der Waals surface area contributed by atoms with Crippen LogP contribution in [0.5, 0.6) is 0 Å². The second-order valence-corrected chi connectivity index (χ2v) is 2.10. The summed E-state index contributed by atoms with van der Waals surface area (Å²) in [4.78, 5) is 3.92. The Morgan fingerprint density at radius 3 is 2.73 bits per heavy atom. The van der Waals surface area contributed by atoms with E-state index in [2.05, 4.69) is 17.6 Å². The van der Waals surface area contributed by atoms with E-state index in [1.165, 1.54) is 0 Å². The van der Waals surface area contributed by atoms with Gasteiger partial charge in [-0.3, -0.25) is 4.99 Å². The van der Waals surface area contributed by atoms with Crippen LogP contribution in [0.1, 0.15) is 20.3 Å². The van der Waals surface area contributed by atoms with Crippen LogP contribution < -0.4 is 0 Å². The molecule has 60 valence electrons. The zero-order chi connectivity index (χ0) is 8.53. The van der Waals surface area contributed by atoms with Gasteiger partial charge in [0, 0.05) is 18.8 Å². The predicted octanol–water partition coefficient (Wildman–Crippen LogP) is 2.75. The van der Waals surface area contributed by atoms with E-state index >= 15 is 0 Å². The van der Waals surface area contributed by atoms with E-state index in [9.17, 15) is 0 Å². The minimum Gasteiger partial charge on any atom is -0.296 e. The third kappa shape index (κ3) is 5.38. The average molecular weight is 149 g/mol. The van der Waals surface area contributed by atoms with Crippen molar-refractivity contribution in [3.05, 3.63) is 29.5 Å². The maximum Gasteiger partial charge on any atom is 0.0318 e. The molecule has 0 aliphatic rings. The van der Waals surface area contributed by atoms with Crippen molar-refractivity contribution < 1.29 is 0 Å². The van der Waals surface area contributed by atoms with E-state index in [0.717, 1.165) is 12.0 Å². The van der Waals surface area contributed by atoms with Gasteiger partial charge in [-0.1, -0.05) is 19.1 Å². The van der Waals surface area contributed by atoms with Gasteiger partial charge in [0.1, 0.15) is 0 Å². The van der Waals surface area contributed by atoms with E-state index < -0.39 is 0 Å². The van der Waals surface area contributed by atoms with Crippen molar-refractivity contribution in [3.8, 4) is 0 Å². The SMILES string of the molecule is C/C=C\C=C=C(/C=N\C)CC. The summed E-state index contributed by atoms with van der Waals surface area (Å²) in [7, 11) is 1.77. The molecule has 0 aliphatic carbocycles. The van der Waals surface area contributed by atoms with Gasteiger partial charge in [0.25, 0.3) is 0 Å². The Kier molecular flexibility index (Phi) is 6.36. The zero-order valence-electron chi connectivity index (χ0n) is 7.46. The Labute approximate surface area is 68.9 Å². The highest BCUT2D eigenvalue weighted by Gasteiger charge is 1.81. The molecule has 11 heavy (non-hydrogen) atoms. The van der Waals surface area contributed by atoms with Crippen LogP contribution >= 0.6 is 0 Å². The summed E-state index contributed by atoms with van der Waals surface area (Å²) in [5.41, 5.74) is 4.26. The summed E-state index contributed by atoms with van der Waals surface area (Å²) in [6.45, 7) is 4.07. The maximum atomic E-state index is 3.92. The first-order chi connectivity index (χ1) is 5.35. The monoisotopic (exact) mass is 149 g/mol. The highest BCUT2D eigenvalue weighted by molar-refractivity contribution is 5.77. The lowest BCUT2D eigenvalue weighted by Gasteiger charge is -1.86. The van der Waals surface area contributed by atoms with Crippen molar-refractivity contribution in [3.63, 3.8) is 0 Å². The second kappa shape index (κ2) is 7.04. The summed E-state index contributed by atoms with van der Waals surface area (Å²) in [6, 6.07) is 0. The van der Waals surface area contributed by atoms with Crippen molar-refractivity contribution in [2.75, 3.05) is 7.05 Å². The summed E-state index contributed by atoms with van der Waals surface area (Å²) in [6.07, 6.45) is 8.65. The Morgan fingerprint density at radius 2 is 2.27 bits per heavy atom. The van der Waals surface area contributed by atoms with Crippen LogP contribution in [0, 0.1) is 0 Å². The topological polar surface area (TPSA) is 12.4 Å². The molecule has 1 heteroatoms. The van der Waals surface area contributed by atoms with Gasteiger partial charge in [-0.05, 0) is 19.4 Å². The molecule has 0 saturated carbocycles. The van der Waals surface area contributed by atoms with Crippen LogP contribution in [0.15, 0.2) is 34.5 Å². The third-order valence-electron chi connectivity index (χ3n) is 1.22. The minimum absolute atomic E-state index is 0.978. The van der Waals surface area contributed by atoms with Gasteiger partial charge in [-0.2, -0.15) is 0 Å². The van der Waals surface area contributed by atoms with Crippen LogP contribution in [0.25, 0.3) is 0 Å². The summed E-state index contributed by atoms with van der Waals surface area (Å²) < 4.78 is 0. The van der Waals surface area contributed by atoms with E-state index in [-0.39, 0.29) is 0 Å². The van der Waals surface area contributed by atoms with Crippen LogP contribution in [0.2, 0.25) is 0 Å². The molecule has 0 radical (unpaired) electrons. The number of hydrogen-bond donors (Lipinski definition) is 0. The number of rotatable bonds is 3. The largest absolute Gasteiger partial charge is 0.296 e. The fraction of sp³-hybridized carbons (Fsp3) is 0.400. The molecule has 0 unspecified atom stereocenters. The highest BCUT2D eigenvalue weighted by Crippen LogP contribution is 1.93. The Bertz CT molecular complexity index is 203. The first-order valence-electron chi connectivity index (χ1n) is 3.84. The molecule has 0 aliphatic heterocycles. The van der Waals surface area contributed by atoms with Gasteiger partial charge in [-0.15, -0.1) is 5.73 Å². The predicted molar refractivity (Wildman–Crippen MR) is 51.1 cm³/mol. The molecular weight excluding hydrogens is 134 g/mol. The standard InChI is InChI=1S/C10H15N/c1-4-6-7-8-10(5-2)9-11-3/h4,6-7,9H,5H2,1-3H3/b6-4-,11-9-. The normalized spacial score (nSPS) is 10.5. The van der Waals surface area contributed by atoms with Gasteiger partial charge in [0.15, 0.2) is 0 Å². The van der Waals surface area contributed by atoms with E-state index in [4.69, 9.17) is 0 Å². The van der Waals surface area contributed by atoms with E-state index in [0.29, 0.717) is 0 Å². The average Bonchev–Trinajstić information content (AvgIpc) is 2.03. The molecule has 0 aromatic heterocycles. The summed E-state index contributed by atoms with van der Waals surface area (Å²) in [5, 5.41) is 0. The smallest absolute Gasteiger partial charge is 0.0318 e. The van der Waals surface area contributed by atoms with Crippen LogP contribution in [-0.4, -0.2) is 13.3 Å². The van der Waals surface area contributed by atoms with Crippen molar-refractivity contribution in [2.24, 2.45) is 4.99 Å². The Hall–Kier alpha value is -1.07. The molecule has 0 fully saturated rings. The lowest BCUT2D eigenvalue weighted by Crippen LogP contribution is -1.77. The second-order valence-electron chi connectivity index (χ2n) is 2.10. The van der Waals surface area contributed by atoms with Gasteiger partial charge in [0.05, 0.1) is 0 Å². The number of aliphatic imine (C=N–C) groups is 1.